The third kappa shape index (κ3) is 1.35. The summed E-state index contributed by atoms with van der Waals surface area (Å²) in [4.78, 5) is 0. The van der Waals surface area contributed by atoms with Crippen molar-refractivity contribution in [2.24, 2.45) is 23.7 Å². The highest BCUT2D eigenvalue weighted by atomic mass is 32.2. The van der Waals surface area contributed by atoms with E-state index in [1.54, 1.807) is 32.1 Å². The molecule has 0 aliphatic heterocycles. The average Bonchev–Trinajstić information content (AvgIpc) is 2.10. The Morgan fingerprint density at radius 2 is 1.46 bits per heavy atom. The van der Waals surface area contributed by atoms with E-state index in [1.807, 2.05) is 0 Å². The van der Waals surface area contributed by atoms with Crippen molar-refractivity contribution in [2.75, 3.05) is 5.75 Å². The quantitative estimate of drug-likeness (QED) is 0.650. The topological polar surface area (TPSA) is 0 Å². The van der Waals surface area contributed by atoms with Crippen molar-refractivity contribution >= 4 is 11.8 Å². The van der Waals surface area contributed by atoms with E-state index in [1.165, 1.54) is 5.75 Å². The van der Waals surface area contributed by atoms with Gasteiger partial charge in [-0.15, -0.1) is 0 Å². The van der Waals surface area contributed by atoms with Gasteiger partial charge >= 0.3 is 0 Å². The van der Waals surface area contributed by atoms with Crippen LogP contribution < -0.4 is 0 Å². The monoisotopic (exact) mass is 196 g/mol. The summed E-state index contributed by atoms with van der Waals surface area (Å²) in [6, 6.07) is 0. The van der Waals surface area contributed by atoms with Crippen LogP contribution in [0, 0.1) is 23.7 Å². The summed E-state index contributed by atoms with van der Waals surface area (Å²) in [5, 5.41) is 1.07. The zero-order chi connectivity index (χ0) is 8.84. The Hall–Kier alpha value is 0.350. The standard InChI is InChI=1S/C12H20S/c1-2-13-12-10-4-8-3-9(6-10)7-11(12)5-8/h8-12H,2-7H2,1H3. The Balaban J connectivity index is 1.77. The fourth-order valence-electron chi connectivity index (χ4n) is 4.34. The highest BCUT2D eigenvalue weighted by Gasteiger charge is 2.47. The number of rotatable bonds is 2. The van der Waals surface area contributed by atoms with Crippen LogP contribution in [0.25, 0.3) is 0 Å². The van der Waals surface area contributed by atoms with E-state index in [2.05, 4.69) is 18.7 Å². The predicted molar refractivity (Wildman–Crippen MR) is 59.0 cm³/mol. The van der Waals surface area contributed by atoms with E-state index >= 15 is 0 Å². The molecule has 1 heteroatoms. The zero-order valence-corrected chi connectivity index (χ0v) is 9.35. The highest BCUT2D eigenvalue weighted by Crippen LogP contribution is 2.56. The van der Waals surface area contributed by atoms with Gasteiger partial charge in [-0.1, -0.05) is 6.92 Å². The first kappa shape index (κ1) is 8.64. The van der Waals surface area contributed by atoms with E-state index in [4.69, 9.17) is 0 Å². The zero-order valence-electron chi connectivity index (χ0n) is 8.54. The van der Waals surface area contributed by atoms with Crippen LogP contribution in [0.1, 0.15) is 39.0 Å². The molecule has 0 atom stereocenters. The summed E-state index contributed by atoms with van der Waals surface area (Å²) in [5.74, 6) is 5.89. The maximum absolute atomic E-state index is 2.33. The molecule has 13 heavy (non-hydrogen) atoms. The molecular weight excluding hydrogens is 176 g/mol. The Morgan fingerprint density at radius 1 is 0.923 bits per heavy atom. The summed E-state index contributed by atoms with van der Waals surface area (Å²) >= 11 is 2.27. The molecule has 4 bridgehead atoms. The minimum atomic E-state index is 1.07. The fraction of sp³-hybridized carbons (Fsp3) is 1.00. The SMILES string of the molecule is CCSC1C2CC3CC(C2)CC1C3. The van der Waals surface area contributed by atoms with Crippen molar-refractivity contribution in [1.29, 1.82) is 0 Å². The molecule has 0 aromatic heterocycles. The van der Waals surface area contributed by atoms with Gasteiger partial charge in [0.05, 0.1) is 0 Å². The van der Waals surface area contributed by atoms with E-state index in [9.17, 15) is 0 Å². The molecule has 0 amide bonds. The third-order valence-electron chi connectivity index (χ3n) is 4.50. The molecule has 0 saturated heterocycles. The molecule has 0 N–H and O–H groups in total. The normalized spacial score (nSPS) is 52.8. The molecule has 4 saturated carbocycles. The lowest BCUT2D eigenvalue weighted by Crippen LogP contribution is -2.46. The van der Waals surface area contributed by atoms with Crippen LogP contribution in [0.3, 0.4) is 0 Å². The lowest BCUT2D eigenvalue weighted by Gasteiger charge is -2.54. The summed E-state index contributed by atoms with van der Waals surface area (Å²) in [6.45, 7) is 2.33. The van der Waals surface area contributed by atoms with Gasteiger partial charge in [-0.25, -0.2) is 0 Å². The van der Waals surface area contributed by atoms with Gasteiger partial charge in [0, 0.05) is 5.25 Å². The molecule has 4 rings (SSSR count). The summed E-state index contributed by atoms with van der Waals surface area (Å²) in [5.41, 5.74) is 0. The molecule has 0 spiro atoms. The molecule has 0 aromatic carbocycles. The van der Waals surface area contributed by atoms with Gasteiger partial charge in [0.25, 0.3) is 0 Å². The summed E-state index contributed by atoms with van der Waals surface area (Å²) < 4.78 is 0. The van der Waals surface area contributed by atoms with E-state index in [-0.39, 0.29) is 0 Å². The fourth-order valence-corrected chi connectivity index (χ4v) is 5.71. The summed E-state index contributed by atoms with van der Waals surface area (Å²) in [7, 11) is 0. The molecule has 0 aromatic rings. The maximum Gasteiger partial charge on any atom is 0.0104 e. The molecule has 0 heterocycles. The van der Waals surface area contributed by atoms with Crippen LogP contribution in [-0.4, -0.2) is 11.0 Å². The predicted octanol–water partition coefficient (Wildman–Crippen LogP) is 3.56. The third-order valence-corrected chi connectivity index (χ3v) is 5.99. The van der Waals surface area contributed by atoms with Gasteiger partial charge in [-0.2, -0.15) is 11.8 Å². The van der Waals surface area contributed by atoms with Crippen LogP contribution in [-0.2, 0) is 0 Å². The Bertz CT molecular complexity index is 171. The lowest BCUT2D eigenvalue weighted by molar-refractivity contribution is 0.0267. The second-order valence-electron chi connectivity index (χ2n) is 5.35. The van der Waals surface area contributed by atoms with Crippen molar-refractivity contribution in [1.82, 2.24) is 0 Å². The lowest BCUT2D eigenvalue weighted by atomic mass is 9.56. The van der Waals surface area contributed by atoms with Gasteiger partial charge in [0.1, 0.15) is 0 Å². The largest absolute Gasteiger partial charge is 0.158 e. The smallest absolute Gasteiger partial charge is 0.0104 e. The second kappa shape index (κ2) is 3.18. The van der Waals surface area contributed by atoms with Crippen LogP contribution in [0.15, 0.2) is 0 Å². The van der Waals surface area contributed by atoms with E-state index < -0.39 is 0 Å². The second-order valence-corrected chi connectivity index (χ2v) is 6.81. The van der Waals surface area contributed by atoms with E-state index in [0.717, 1.165) is 28.9 Å². The van der Waals surface area contributed by atoms with Crippen molar-refractivity contribution in [2.45, 2.75) is 44.3 Å². The summed E-state index contributed by atoms with van der Waals surface area (Å²) in [6.07, 6.45) is 7.95. The molecule has 74 valence electrons. The first-order valence-corrected chi connectivity index (χ1v) is 7.03. The highest BCUT2D eigenvalue weighted by molar-refractivity contribution is 7.99. The molecule has 4 aliphatic rings. The van der Waals surface area contributed by atoms with Gasteiger partial charge in [0.15, 0.2) is 0 Å². The first-order chi connectivity index (χ1) is 6.36. The van der Waals surface area contributed by atoms with Gasteiger partial charge in [-0.3, -0.25) is 0 Å². The van der Waals surface area contributed by atoms with E-state index in [0.29, 0.717) is 0 Å². The van der Waals surface area contributed by atoms with Gasteiger partial charge in [0.2, 0.25) is 0 Å². The van der Waals surface area contributed by atoms with Crippen molar-refractivity contribution in [3.05, 3.63) is 0 Å². The van der Waals surface area contributed by atoms with Crippen LogP contribution in [0.2, 0.25) is 0 Å². The van der Waals surface area contributed by atoms with Gasteiger partial charge in [-0.05, 0) is 61.5 Å². The Labute approximate surface area is 85.9 Å². The van der Waals surface area contributed by atoms with Gasteiger partial charge < -0.3 is 0 Å². The molecule has 4 aliphatic carbocycles. The van der Waals surface area contributed by atoms with Crippen molar-refractivity contribution in [3.8, 4) is 0 Å². The molecular formula is C12H20S. The van der Waals surface area contributed by atoms with Crippen molar-refractivity contribution < 1.29 is 0 Å². The minimum Gasteiger partial charge on any atom is -0.158 e. The Morgan fingerprint density at radius 3 is 1.92 bits per heavy atom. The maximum atomic E-state index is 2.33. The average molecular weight is 196 g/mol. The van der Waals surface area contributed by atoms with Crippen molar-refractivity contribution in [3.63, 3.8) is 0 Å². The minimum absolute atomic E-state index is 1.07. The van der Waals surface area contributed by atoms with Crippen LogP contribution in [0.4, 0.5) is 0 Å². The molecule has 4 fully saturated rings. The first-order valence-electron chi connectivity index (χ1n) is 5.98. The molecule has 0 nitrogen and oxygen atoms in total. The number of hydrogen-bond donors (Lipinski definition) is 0. The molecule has 0 radical (unpaired) electrons. The number of thioether (sulfide) groups is 1. The van der Waals surface area contributed by atoms with Crippen LogP contribution >= 0.6 is 11.8 Å². The Kier molecular flexibility index (Phi) is 2.12. The van der Waals surface area contributed by atoms with Crippen LogP contribution in [0.5, 0.6) is 0 Å². The number of hydrogen-bond acceptors (Lipinski definition) is 1. The molecule has 0 unspecified atom stereocenters.